The Kier molecular flexibility index (Phi) is 3.90. The molecule has 104 valence electrons. The van der Waals surface area contributed by atoms with Crippen LogP contribution >= 0.6 is 0 Å². The van der Waals surface area contributed by atoms with Gasteiger partial charge in [0.1, 0.15) is 0 Å². The predicted octanol–water partition coefficient (Wildman–Crippen LogP) is 0.556. The summed E-state index contributed by atoms with van der Waals surface area (Å²) < 4.78 is 0. The van der Waals surface area contributed by atoms with Crippen molar-refractivity contribution in [1.82, 2.24) is 10.6 Å². The van der Waals surface area contributed by atoms with Crippen LogP contribution in [0.2, 0.25) is 0 Å². The van der Waals surface area contributed by atoms with Crippen LogP contribution in [-0.2, 0) is 4.79 Å². The molecule has 18 heavy (non-hydrogen) atoms. The summed E-state index contributed by atoms with van der Waals surface area (Å²) in [4.78, 5) is 21.9. The van der Waals surface area contributed by atoms with E-state index in [0.29, 0.717) is 0 Å². The largest absolute Gasteiger partial charge is 0.479 e. The number of carbonyl (C=O) groups is 2. The van der Waals surface area contributed by atoms with Crippen LogP contribution in [0, 0.1) is 10.8 Å². The van der Waals surface area contributed by atoms with E-state index in [1.807, 2.05) is 0 Å². The van der Waals surface area contributed by atoms with Gasteiger partial charge in [-0.3, -0.25) is 0 Å². The molecule has 6 nitrogen and oxygen atoms in total. The Morgan fingerprint density at radius 3 is 2.11 bits per heavy atom. The third-order valence-electron chi connectivity index (χ3n) is 4.28. The molecule has 0 aromatic rings. The van der Waals surface area contributed by atoms with Crippen LogP contribution in [0.1, 0.15) is 34.1 Å². The lowest BCUT2D eigenvalue weighted by atomic mass is 10.0. The zero-order chi connectivity index (χ0) is 14.1. The van der Waals surface area contributed by atoms with Crippen LogP contribution in [-0.4, -0.2) is 40.9 Å². The van der Waals surface area contributed by atoms with Gasteiger partial charge < -0.3 is 20.8 Å². The van der Waals surface area contributed by atoms with E-state index in [1.165, 1.54) is 0 Å². The predicted molar refractivity (Wildman–Crippen MR) is 66.1 cm³/mol. The molecule has 0 aliphatic heterocycles. The Balaban J connectivity index is 2.26. The average molecular weight is 258 g/mol. The minimum atomic E-state index is -1.43. The van der Waals surface area contributed by atoms with E-state index in [-0.39, 0.29) is 35.9 Å². The molecule has 2 amide bonds. The highest BCUT2D eigenvalue weighted by atomic mass is 16.4. The number of aliphatic carboxylic acids is 1. The smallest absolute Gasteiger partial charge is 0.332 e. The zero-order valence-electron chi connectivity index (χ0n) is 11.3. The van der Waals surface area contributed by atoms with Gasteiger partial charge in [-0.25, -0.2) is 9.59 Å². The number of aliphatic hydroxyl groups excluding tert-OH is 1. The number of carbonyl (C=O) groups excluding carboxylic acids is 1. The molecule has 6 heteroatoms. The normalized spacial score (nSPS) is 22.1. The van der Waals surface area contributed by atoms with Gasteiger partial charge in [-0.05, 0) is 10.8 Å². The summed E-state index contributed by atoms with van der Waals surface area (Å²) in [5.74, 6) is -1.28. The summed E-state index contributed by atoms with van der Waals surface area (Å²) >= 11 is 0. The molecule has 1 saturated carbocycles. The number of amides is 2. The summed E-state index contributed by atoms with van der Waals surface area (Å²) in [6.07, 6.45) is -1.43. The first-order valence-corrected chi connectivity index (χ1v) is 6.06. The third kappa shape index (κ3) is 2.75. The molecule has 1 fully saturated rings. The van der Waals surface area contributed by atoms with E-state index in [9.17, 15) is 9.59 Å². The van der Waals surface area contributed by atoms with Crippen molar-refractivity contribution in [2.45, 2.75) is 46.3 Å². The number of carboxylic acids is 1. The number of hydrogen-bond acceptors (Lipinski definition) is 3. The molecule has 1 aliphatic rings. The fourth-order valence-electron chi connectivity index (χ4n) is 2.19. The van der Waals surface area contributed by atoms with Crippen LogP contribution in [0.25, 0.3) is 0 Å². The second kappa shape index (κ2) is 4.76. The topological polar surface area (TPSA) is 98.7 Å². The average Bonchev–Trinajstić information content (AvgIpc) is 2.60. The molecule has 0 radical (unpaired) electrons. The summed E-state index contributed by atoms with van der Waals surface area (Å²) in [7, 11) is 0. The lowest BCUT2D eigenvalue weighted by molar-refractivity contribution is -0.146. The van der Waals surface area contributed by atoms with Crippen LogP contribution in [0.3, 0.4) is 0 Å². The van der Waals surface area contributed by atoms with Crippen LogP contribution < -0.4 is 10.6 Å². The first-order chi connectivity index (χ1) is 8.10. The van der Waals surface area contributed by atoms with Gasteiger partial charge in [0.2, 0.25) is 0 Å². The van der Waals surface area contributed by atoms with Gasteiger partial charge in [0.15, 0.2) is 6.10 Å². The maximum atomic E-state index is 11.6. The molecule has 1 aliphatic carbocycles. The molecule has 0 aromatic heterocycles. The van der Waals surface area contributed by atoms with Crippen molar-refractivity contribution in [2.75, 3.05) is 6.54 Å². The Bertz CT molecular complexity index is 338. The number of nitrogens with one attached hydrogen (secondary N) is 2. The molecule has 0 saturated heterocycles. The number of carboxylic acid groups (broad SMARTS) is 1. The van der Waals surface area contributed by atoms with Crippen molar-refractivity contribution in [2.24, 2.45) is 10.8 Å². The number of urea groups is 1. The molecule has 0 heterocycles. The Morgan fingerprint density at radius 2 is 1.72 bits per heavy atom. The van der Waals surface area contributed by atoms with Gasteiger partial charge in [0, 0.05) is 19.0 Å². The Hall–Kier alpha value is -1.30. The van der Waals surface area contributed by atoms with Crippen molar-refractivity contribution in [3.63, 3.8) is 0 Å². The fourth-order valence-corrected chi connectivity index (χ4v) is 2.19. The molecular weight excluding hydrogens is 236 g/mol. The van der Waals surface area contributed by atoms with Gasteiger partial charge in [0.25, 0.3) is 0 Å². The van der Waals surface area contributed by atoms with Crippen molar-refractivity contribution in [1.29, 1.82) is 0 Å². The van der Waals surface area contributed by atoms with Gasteiger partial charge in [0.05, 0.1) is 0 Å². The van der Waals surface area contributed by atoms with E-state index >= 15 is 0 Å². The highest BCUT2D eigenvalue weighted by Gasteiger charge is 2.65. The zero-order valence-corrected chi connectivity index (χ0v) is 11.3. The number of rotatable bonds is 5. The van der Waals surface area contributed by atoms with Crippen LogP contribution in [0.4, 0.5) is 4.79 Å². The summed E-state index contributed by atoms with van der Waals surface area (Å²) in [5.41, 5.74) is 0.121. The standard InChI is InChI=1S/C12H22N2O4/c1-11(2)9(12(11,3)4)14-10(18)13-6-5-7(15)8(16)17/h7,9,15H,5-6H2,1-4H3,(H,16,17)(H2,13,14,18). The van der Waals surface area contributed by atoms with E-state index in [0.717, 1.165) is 0 Å². The molecule has 4 N–H and O–H groups in total. The van der Waals surface area contributed by atoms with Crippen molar-refractivity contribution in [3.05, 3.63) is 0 Å². The lowest BCUT2D eigenvalue weighted by Gasteiger charge is -2.10. The van der Waals surface area contributed by atoms with Gasteiger partial charge in [-0.1, -0.05) is 27.7 Å². The maximum Gasteiger partial charge on any atom is 0.332 e. The molecular formula is C12H22N2O4. The molecule has 0 bridgehead atoms. The molecule has 0 aromatic carbocycles. The maximum absolute atomic E-state index is 11.6. The minimum Gasteiger partial charge on any atom is -0.479 e. The quantitative estimate of drug-likeness (QED) is 0.579. The van der Waals surface area contributed by atoms with Gasteiger partial charge in [-0.2, -0.15) is 0 Å². The summed E-state index contributed by atoms with van der Waals surface area (Å²) in [5, 5.41) is 22.9. The number of aliphatic hydroxyl groups is 1. The van der Waals surface area contributed by atoms with Crippen molar-refractivity contribution in [3.8, 4) is 0 Å². The highest BCUT2D eigenvalue weighted by molar-refractivity contribution is 5.75. The second-order valence-corrected chi connectivity index (χ2v) is 5.92. The van der Waals surface area contributed by atoms with Crippen LogP contribution in [0.15, 0.2) is 0 Å². The van der Waals surface area contributed by atoms with E-state index in [4.69, 9.17) is 10.2 Å². The lowest BCUT2D eigenvalue weighted by Crippen LogP contribution is -2.40. The Morgan fingerprint density at radius 1 is 1.22 bits per heavy atom. The number of hydrogen-bond donors (Lipinski definition) is 4. The summed E-state index contributed by atoms with van der Waals surface area (Å²) in [6, 6.07) is -0.217. The van der Waals surface area contributed by atoms with Gasteiger partial charge in [-0.15, -0.1) is 0 Å². The van der Waals surface area contributed by atoms with Gasteiger partial charge >= 0.3 is 12.0 Å². The Labute approximate surface area is 107 Å². The monoisotopic (exact) mass is 258 g/mol. The van der Waals surface area contributed by atoms with E-state index in [2.05, 4.69) is 38.3 Å². The van der Waals surface area contributed by atoms with E-state index in [1.54, 1.807) is 0 Å². The molecule has 1 unspecified atom stereocenters. The van der Waals surface area contributed by atoms with Crippen LogP contribution in [0.5, 0.6) is 0 Å². The fraction of sp³-hybridized carbons (Fsp3) is 0.833. The minimum absolute atomic E-state index is 0.000204. The van der Waals surface area contributed by atoms with Crippen molar-refractivity contribution < 1.29 is 19.8 Å². The second-order valence-electron chi connectivity index (χ2n) is 5.92. The molecule has 0 spiro atoms. The molecule has 1 atom stereocenters. The van der Waals surface area contributed by atoms with Crippen molar-refractivity contribution >= 4 is 12.0 Å². The highest BCUT2D eigenvalue weighted by Crippen LogP contribution is 2.62. The SMILES string of the molecule is CC1(C)C(NC(=O)NCCC(O)C(=O)O)C1(C)C. The molecule has 1 rings (SSSR count). The van der Waals surface area contributed by atoms with E-state index < -0.39 is 12.1 Å². The summed E-state index contributed by atoms with van der Waals surface area (Å²) in [6.45, 7) is 8.49. The first kappa shape index (κ1) is 14.8. The first-order valence-electron chi connectivity index (χ1n) is 6.06. The third-order valence-corrected chi connectivity index (χ3v) is 4.28.